The van der Waals surface area contributed by atoms with Gasteiger partial charge in [-0.1, -0.05) is 38.1 Å². The monoisotopic (exact) mass is 354 g/mol. The maximum atomic E-state index is 9.04. The molecule has 1 atom stereocenters. The van der Waals surface area contributed by atoms with Gasteiger partial charge in [-0.2, -0.15) is 5.10 Å². The van der Waals surface area contributed by atoms with Crippen molar-refractivity contribution in [3.8, 4) is 11.4 Å². The van der Waals surface area contributed by atoms with Crippen LogP contribution in [0.1, 0.15) is 19.4 Å². The van der Waals surface area contributed by atoms with Gasteiger partial charge in [0.05, 0.1) is 13.2 Å². The molecule has 25 heavy (non-hydrogen) atoms. The van der Waals surface area contributed by atoms with E-state index in [0.717, 1.165) is 16.9 Å². The summed E-state index contributed by atoms with van der Waals surface area (Å²) in [5.41, 5.74) is 4.14. The first-order chi connectivity index (χ1) is 12.0. The van der Waals surface area contributed by atoms with Crippen LogP contribution in [0.25, 0.3) is 11.4 Å². The summed E-state index contributed by atoms with van der Waals surface area (Å²) in [6.45, 7) is 4.82. The predicted octanol–water partition coefficient (Wildman–Crippen LogP) is 3.79. The highest BCUT2D eigenvalue weighted by atomic mass is 31.0. The number of aliphatic hydroxyl groups excluding tert-OH is 1. The maximum Gasteiger partial charge on any atom is 0.183 e. The fourth-order valence-electron chi connectivity index (χ4n) is 2.57. The van der Waals surface area contributed by atoms with E-state index >= 15 is 0 Å². The molecule has 0 saturated heterocycles. The van der Waals surface area contributed by atoms with Gasteiger partial charge in [0.2, 0.25) is 0 Å². The Morgan fingerprint density at radius 2 is 1.96 bits per heavy atom. The van der Waals surface area contributed by atoms with Gasteiger partial charge >= 0.3 is 0 Å². The van der Waals surface area contributed by atoms with E-state index < -0.39 is 0 Å². The van der Waals surface area contributed by atoms with Crippen molar-refractivity contribution in [2.24, 2.45) is 0 Å². The largest absolute Gasteiger partial charge is 0.394 e. The summed E-state index contributed by atoms with van der Waals surface area (Å²) in [5, 5.41) is 17.0. The van der Waals surface area contributed by atoms with E-state index in [1.807, 2.05) is 24.3 Å². The minimum absolute atomic E-state index is 0.0157. The Balaban J connectivity index is 1.91. The molecular formula is C19H23N4OP. The van der Waals surface area contributed by atoms with Crippen LogP contribution < -0.4 is 5.32 Å². The molecule has 0 fully saturated rings. The van der Waals surface area contributed by atoms with E-state index in [4.69, 9.17) is 5.11 Å². The lowest BCUT2D eigenvalue weighted by molar-refractivity contribution is 0.269. The van der Waals surface area contributed by atoms with Crippen LogP contribution in [-0.2, 0) is 11.7 Å². The van der Waals surface area contributed by atoms with Crippen LogP contribution in [0, 0.1) is 0 Å². The zero-order valence-corrected chi connectivity index (χ0v) is 15.6. The van der Waals surface area contributed by atoms with Gasteiger partial charge in [-0.05, 0) is 29.8 Å². The first-order valence-corrected chi connectivity index (χ1v) is 8.81. The van der Waals surface area contributed by atoms with Crippen LogP contribution in [0.3, 0.4) is 0 Å². The molecule has 5 nitrogen and oxygen atoms in total. The topological polar surface area (TPSA) is 63.0 Å². The van der Waals surface area contributed by atoms with Crippen molar-refractivity contribution in [3.05, 3.63) is 60.4 Å². The summed E-state index contributed by atoms with van der Waals surface area (Å²) >= 11 is 0. The summed E-state index contributed by atoms with van der Waals surface area (Å²) in [7, 11) is 2.87. The zero-order chi connectivity index (χ0) is 17.9. The molecule has 6 heteroatoms. The van der Waals surface area contributed by atoms with Crippen molar-refractivity contribution >= 4 is 20.6 Å². The predicted molar refractivity (Wildman–Crippen MR) is 105 cm³/mol. The zero-order valence-electron chi connectivity index (χ0n) is 14.5. The third kappa shape index (κ3) is 4.25. The van der Waals surface area contributed by atoms with Crippen molar-refractivity contribution in [1.82, 2.24) is 14.8 Å². The van der Waals surface area contributed by atoms with Crippen LogP contribution in [0.5, 0.6) is 0 Å². The lowest BCUT2D eigenvalue weighted by Gasteiger charge is -2.20. The van der Waals surface area contributed by atoms with Crippen LogP contribution in [0.2, 0.25) is 0 Å². The Labute approximate surface area is 150 Å². The summed E-state index contributed by atoms with van der Waals surface area (Å²) < 4.78 is 1.64. The molecule has 1 heterocycles. The number of para-hydroxylation sites is 1. The second kappa shape index (κ2) is 7.34. The van der Waals surface area contributed by atoms with Gasteiger partial charge < -0.3 is 10.4 Å². The molecule has 0 bridgehead atoms. The average Bonchev–Trinajstić information content (AvgIpc) is 3.04. The van der Waals surface area contributed by atoms with Crippen LogP contribution in [-0.4, -0.2) is 26.5 Å². The highest BCUT2D eigenvalue weighted by Gasteiger charge is 2.15. The Hall–Kier alpha value is -2.23. The van der Waals surface area contributed by atoms with Crippen LogP contribution in [0.4, 0.5) is 11.4 Å². The van der Waals surface area contributed by atoms with E-state index in [2.05, 4.69) is 62.8 Å². The number of nitrogens with zero attached hydrogens (tertiary/aromatic N) is 3. The molecule has 0 saturated carbocycles. The maximum absolute atomic E-state index is 9.04. The van der Waals surface area contributed by atoms with Crippen molar-refractivity contribution in [2.75, 3.05) is 11.9 Å². The van der Waals surface area contributed by atoms with E-state index in [9.17, 15) is 0 Å². The van der Waals surface area contributed by atoms with Gasteiger partial charge in [0.1, 0.15) is 6.33 Å². The lowest BCUT2D eigenvalue weighted by atomic mass is 10.0. The molecule has 0 spiro atoms. The SMILES string of the molecule is CC(C)(P)c1cccc(Nc2ccccc2-c2ncn(CCO)n2)c1. The molecule has 3 rings (SSSR count). The Bertz CT molecular complexity index is 854. The Kier molecular flexibility index (Phi) is 5.16. The van der Waals surface area contributed by atoms with Gasteiger partial charge in [0.25, 0.3) is 0 Å². The Morgan fingerprint density at radius 1 is 1.16 bits per heavy atom. The molecule has 0 radical (unpaired) electrons. The molecule has 130 valence electrons. The highest BCUT2D eigenvalue weighted by Crippen LogP contribution is 2.33. The summed E-state index contributed by atoms with van der Waals surface area (Å²) in [6.07, 6.45) is 1.64. The number of rotatable bonds is 6. The molecule has 0 aliphatic rings. The number of anilines is 2. The van der Waals surface area contributed by atoms with E-state index in [-0.39, 0.29) is 11.8 Å². The standard InChI is InChI=1S/C19H23N4OP/c1-19(2,25)14-6-5-7-15(12-14)21-17-9-4-3-8-16(17)18-20-13-23(22-18)10-11-24/h3-9,12-13,21,24H,10-11,25H2,1-2H3. The second-order valence-electron chi connectivity index (χ2n) is 6.53. The van der Waals surface area contributed by atoms with Crippen LogP contribution in [0.15, 0.2) is 54.9 Å². The number of hydrogen-bond acceptors (Lipinski definition) is 4. The number of nitrogens with one attached hydrogen (secondary N) is 1. The van der Waals surface area contributed by atoms with Gasteiger partial charge in [-0.15, -0.1) is 9.24 Å². The summed E-state index contributed by atoms with van der Waals surface area (Å²) in [6, 6.07) is 16.3. The van der Waals surface area contributed by atoms with Gasteiger partial charge in [0, 0.05) is 22.1 Å². The quantitative estimate of drug-likeness (QED) is 0.661. The van der Waals surface area contributed by atoms with Crippen molar-refractivity contribution in [3.63, 3.8) is 0 Å². The van der Waals surface area contributed by atoms with E-state index in [1.54, 1.807) is 11.0 Å². The third-order valence-electron chi connectivity index (χ3n) is 3.92. The number of aliphatic hydroxyl groups is 1. The summed E-state index contributed by atoms with van der Waals surface area (Å²) in [4.78, 5) is 4.36. The summed E-state index contributed by atoms with van der Waals surface area (Å²) in [5.74, 6) is 0.638. The molecule has 1 unspecified atom stereocenters. The van der Waals surface area contributed by atoms with Crippen molar-refractivity contribution in [2.45, 2.75) is 25.5 Å². The first kappa shape index (κ1) is 17.6. The number of benzene rings is 2. The van der Waals surface area contributed by atoms with Crippen LogP contribution >= 0.6 is 9.24 Å². The third-order valence-corrected chi connectivity index (χ3v) is 4.25. The smallest absolute Gasteiger partial charge is 0.183 e. The lowest BCUT2D eigenvalue weighted by Crippen LogP contribution is -2.06. The second-order valence-corrected chi connectivity index (χ2v) is 7.97. The molecule has 2 aromatic carbocycles. The van der Waals surface area contributed by atoms with Gasteiger partial charge in [-0.25, -0.2) is 4.98 Å². The molecular weight excluding hydrogens is 331 g/mol. The molecule has 1 aromatic heterocycles. The number of aromatic nitrogens is 3. The Morgan fingerprint density at radius 3 is 2.72 bits per heavy atom. The molecule has 3 aromatic rings. The van der Waals surface area contributed by atoms with Crippen molar-refractivity contribution in [1.29, 1.82) is 0 Å². The first-order valence-electron chi connectivity index (χ1n) is 8.23. The molecule has 2 N–H and O–H groups in total. The fraction of sp³-hybridized carbons (Fsp3) is 0.263. The van der Waals surface area contributed by atoms with E-state index in [1.165, 1.54) is 5.56 Å². The van der Waals surface area contributed by atoms with Crippen molar-refractivity contribution < 1.29 is 5.11 Å². The van der Waals surface area contributed by atoms with Gasteiger partial charge in [0.15, 0.2) is 5.82 Å². The average molecular weight is 354 g/mol. The molecule has 0 aliphatic heterocycles. The fourth-order valence-corrected chi connectivity index (χ4v) is 2.75. The van der Waals surface area contributed by atoms with Gasteiger partial charge in [-0.3, -0.25) is 4.68 Å². The number of hydrogen-bond donors (Lipinski definition) is 2. The van der Waals surface area contributed by atoms with E-state index in [0.29, 0.717) is 12.4 Å². The minimum Gasteiger partial charge on any atom is -0.394 e. The normalized spacial score (nSPS) is 11.5. The molecule has 0 aliphatic carbocycles. The minimum atomic E-state index is 0.0157. The molecule has 0 amide bonds. The highest BCUT2D eigenvalue weighted by molar-refractivity contribution is 7.18.